The Hall–Kier alpha value is -1.26. The summed E-state index contributed by atoms with van der Waals surface area (Å²) >= 11 is 0. The quantitative estimate of drug-likeness (QED) is 0.553. The second kappa shape index (κ2) is 7.12. The minimum absolute atomic E-state index is 0.150. The van der Waals surface area contributed by atoms with Gasteiger partial charge in [0.1, 0.15) is 0 Å². The van der Waals surface area contributed by atoms with E-state index in [0.29, 0.717) is 34.7 Å². The predicted octanol–water partition coefficient (Wildman–Crippen LogP) is 6.19. The van der Waals surface area contributed by atoms with E-state index in [2.05, 4.69) is 76.4 Å². The van der Waals surface area contributed by atoms with E-state index in [4.69, 9.17) is 9.47 Å². The van der Waals surface area contributed by atoms with Crippen LogP contribution in [0.25, 0.3) is 0 Å². The number of anilines is 2. The summed E-state index contributed by atoms with van der Waals surface area (Å²) in [5.41, 5.74) is 2.83. The van der Waals surface area contributed by atoms with Gasteiger partial charge in [-0.3, -0.25) is 0 Å². The Morgan fingerprint density at radius 3 is 1.34 bits per heavy atom. The Kier molecular flexibility index (Phi) is 5.01. The van der Waals surface area contributed by atoms with Gasteiger partial charge in [-0.1, -0.05) is 39.8 Å². The minimum atomic E-state index is -0.150. The third-order valence-corrected chi connectivity index (χ3v) is 11.2. The van der Waals surface area contributed by atoms with Crippen molar-refractivity contribution in [2.75, 3.05) is 24.9 Å². The van der Waals surface area contributed by atoms with Crippen molar-refractivity contribution in [2.45, 2.75) is 90.5 Å². The molecule has 2 unspecified atom stereocenters. The second-order valence-electron chi connectivity index (χ2n) is 12.8. The monoisotopic (exact) mass is 440 g/mol. The van der Waals surface area contributed by atoms with Crippen molar-refractivity contribution < 1.29 is 9.47 Å². The number of nitrogens with one attached hydrogen (secondary N) is 2. The van der Waals surface area contributed by atoms with Crippen LogP contribution in [0, 0.1) is 34.5 Å². The molecule has 0 spiro atoms. The molecule has 4 heteroatoms. The van der Waals surface area contributed by atoms with Crippen molar-refractivity contribution >= 4 is 11.4 Å². The molecule has 0 radical (unpaired) electrons. The van der Waals surface area contributed by atoms with E-state index in [0.717, 1.165) is 11.8 Å². The Bertz CT molecular complexity index is 811. The Balaban J connectivity index is 1.38. The first-order chi connectivity index (χ1) is 15.0. The van der Waals surface area contributed by atoms with Crippen LogP contribution in [-0.2, 0) is 9.47 Å². The molecular formula is C28H44N2O2. The molecule has 0 saturated heterocycles. The summed E-state index contributed by atoms with van der Waals surface area (Å²) in [5.74, 6) is 2.75. The molecule has 6 aliphatic rings. The molecule has 0 heterocycles. The summed E-state index contributed by atoms with van der Waals surface area (Å²) in [6.45, 7) is 14.3. The van der Waals surface area contributed by atoms with Crippen LogP contribution in [0.1, 0.15) is 67.2 Å². The van der Waals surface area contributed by atoms with E-state index in [-0.39, 0.29) is 11.2 Å². The number of hydrogen-bond acceptors (Lipinski definition) is 4. The zero-order chi connectivity index (χ0) is 23.1. The van der Waals surface area contributed by atoms with Crippen molar-refractivity contribution in [1.29, 1.82) is 0 Å². The van der Waals surface area contributed by atoms with Gasteiger partial charge in [0.15, 0.2) is 0 Å². The van der Waals surface area contributed by atoms with Gasteiger partial charge in [0.2, 0.25) is 0 Å². The van der Waals surface area contributed by atoms with Crippen LogP contribution in [0.15, 0.2) is 24.3 Å². The average Bonchev–Trinajstić information content (AvgIpc) is 2.76. The van der Waals surface area contributed by atoms with Crippen LogP contribution in [0.2, 0.25) is 0 Å². The van der Waals surface area contributed by atoms with E-state index in [1.165, 1.54) is 37.1 Å². The molecule has 6 fully saturated rings. The van der Waals surface area contributed by atoms with Crippen molar-refractivity contribution in [3.8, 4) is 0 Å². The maximum absolute atomic E-state index is 6.23. The zero-order valence-electron chi connectivity index (χ0n) is 21.4. The standard InChI is InChI=1S/C28H44N2O2/c1-25(2)17-13-21(25)27(5,31-7)23(15-17)29-19-11-9-10-12-20(19)30-24-16-18-14-22(26(18,3)4)28(24,6)32-8/h9-12,17-18,21-24,29-30H,13-16H2,1-8H3/t17-,18-,21-,22-,23?,24?,27-,28-/m0/s1. The van der Waals surface area contributed by atoms with Crippen LogP contribution < -0.4 is 10.6 Å². The van der Waals surface area contributed by atoms with Crippen molar-refractivity contribution in [2.24, 2.45) is 34.5 Å². The molecule has 1 aromatic carbocycles. The minimum Gasteiger partial charge on any atom is -0.378 e. The smallest absolute Gasteiger partial charge is 0.0884 e. The highest BCUT2D eigenvalue weighted by molar-refractivity contribution is 5.70. The Labute approximate surface area is 195 Å². The molecular weight excluding hydrogens is 396 g/mol. The first-order valence-corrected chi connectivity index (χ1v) is 12.7. The molecule has 6 saturated carbocycles. The van der Waals surface area contributed by atoms with Gasteiger partial charge in [0.05, 0.1) is 34.7 Å². The largest absolute Gasteiger partial charge is 0.378 e. The van der Waals surface area contributed by atoms with E-state index in [1.54, 1.807) is 0 Å². The lowest BCUT2D eigenvalue weighted by Gasteiger charge is -2.66. The number of ether oxygens (including phenoxy) is 2. The molecule has 4 nitrogen and oxygen atoms in total. The summed E-state index contributed by atoms with van der Waals surface area (Å²) in [6.07, 6.45) is 4.92. The number of hydrogen-bond donors (Lipinski definition) is 2. The lowest BCUT2D eigenvalue weighted by atomic mass is 9.43. The molecule has 0 amide bonds. The summed E-state index contributed by atoms with van der Waals surface area (Å²) in [5, 5.41) is 7.87. The summed E-state index contributed by atoms with van der Waals surface area (Å²) in [6, 6.07) is 9.37. The Morgan fingerprint density at radius 2 is 1.03 bits per heavy atom. The van der Waals surface area contributed by atoms with Crippen molar-refractivity contribution in [1.82, 2.24) is 0 Å². The number of fused-ring (bicyclic) bond motifs is 4. The van der Waals surface area contributed by atoms with Gasteiger partial charge < -0.3 is 20.1 Å². The average molecular weight is 441 g/mol. The molecule has 0 aromatic heterocycles. The maximum Gasteiger partial charge on any atom is 0.0884 e. The number of para-hydroxylation sites is 2. The van der Waals surface area contributed by atoms with E-state index in [9.17, 15) is 0 Å². The van der Waals surface area contributed by atoms with Crippen LogP contribution in [-0.4, -0.2) is 37.5 Å². The first kappa shape index (κ1) is 22.5. The highest BCUT2D eigenvalue weighted by atomic mass is 16.5. The summed E-state index contributed by atoms with van der Waals surface area (Å²) in [4.78, 5) is 0. The zero-order valence-corrected chi connectivity index (χ0v) is 21.4. The van der Waals surface area contributed by atoms with Crippen LogP contribution in [0.4, 0.5) is 11.4 Å². The van der Waals surface area contributed by atoms with Gasteiger partial charge in [-0.15, -0.1) is 0 Å². The Morgan fingerprint density at radius 1 is 0.656 bits per heavy atom. The van der Waals surface area contributed by atoms with Gasteiger partial charge >= 0.3 is 0 Å². The van der Waals surface area contributed by atoms with Gasteiger partial charge in [-0.05, 0) is 86.2 Å². The third kappa shape index (κ3) is 2.87. The number of rotatable bonds is 6. The van der Waals surface area contributed by atoms with E-state index < -0.39 is 0 Å². The fourth-order valence-electron chi connectivity index (χ4n) is 8.38. The van der Waals surface area contributed by atoms with E-state index >= 15 is 0 Å². The van der Waals surface area contributed by atoms with Gasteiger partial charge in [0, 0.05) is 14.2 Å². The van der Waals surface area contributed by atoms with Crippen LogP contribution in [0.5, 0.6) is 0 Å². The lowest BCUT2D eigenvalue weighted by Crippen LogP contribution is -2.69. The predicted molar refractivity (Wildman–Crippen MR) is 132 cm³/mol. The maximum atomic E-state index is 6.23. The van der Waals surface area contributed by atoms with Crippen LogP contribution >= 0.6 is 0 Å². The normalized spacial score (nSPS) is 45.4. The van der Waals surface area contributed by atoms with Gasteiger partial charge in [-0.2, -0.15) is 0 Å². The van der Waals surface area contributed by atoms with Crippen molar-refractivity contribution in [3.05, 3.63) is 24.3 Å². The highest BCUT2D eigenvalue weighted by Gasteiger charge is 2.65. The molecule has 6 aliphatic carbocycles. The molecule has 0 aliphatic heterocycles. The van der Waals surface area contributed by atoms with E-state index in [1.807, 2.05) is 14.2 Å². The number of methoxy groups -OCH3 is 2. The molecule has 7 rings (SSSR count). The van der Waals surface area contributed by atoms with Gasteiger partial charge in [-0.25, -0.2) is 0 Å². The topological polar surface area (TPSA) is 42.5 Å². The van der Waals surface area contributed by atoms with Crippen LogP contribution in [0.3, 0.4) is 0 Å². The highest BCUT2D eigenvalue weighted by Crippen LogP contribution is 2.65. The van der Waals surface area contributed by atoms with Crippen molar-refractivity contribution in [3.63, 3.8) is 0 Å². The fraction of sp³-hybridized carbons (Fsp3) is 0.786. The fourth-order valence-corrected chi connectivity index (χ4v) is 8.38. The number of benzene rings is 1. The summed E-state index contributed by atoms with van der Waals surface area (Å²) < 4.78 is 12.5. The molecule has 32 heavy (non-hydrogen) atoms. The SMILES string of the molecule is CO[C@]1(C)C(Nc2ccccc2NC2C[C@@H]3C[C@@H](C3(C)C)[C@]2(C)OC)C[C@@H]2C[C@H]1C2(C)C. The molecule has 1 aromatic rings. The second-order valence-corrected chi connectivity index (χ2v) is 12.8. The lowest BCUT2D eigenvalue weighted by molar-refractivity contribution is -0.212. The first-order valence-electron chi connectivity index (χ1n) is 12.7. The third-order valence-electron chi connectivity index (χ3n) is 11.2. The molecule has 178 valence electrons. The molecule has 2 N–H and O–H groups in total. The summed E-state index contributed by atoms with van der Waals surface area (Å²) in [7, 11) is 3.79. The molecule has 4 bridgehead atoms. The molecule has 8 atom stereocenters. The van der Waals surface area contributed by atoms with Gasteiger partial charge in [0.25, 0.3) is 0 Å².